The van der Waals surface area contributed by atoms with Gasteiger partial charge in [-0.3, -0.25) is 14.2 Å². The average molecular weight is 311 g/mol. The molecule has 1 aromatic carbocycles. The zero-order valence-electron chi connectivity index (χ0n) is 13.5. The van der Waals surface area contributed by atoms with E-state index in [1.165, 1.54) is 0 Å². The number of rotatable bonds is 6. The normalized spacial score (nSPS) is 11.0. The van der Waals surface area contributed by atoms with Gasteiger partial charge in [-0.2, -0.15) is 10.2 Å². The molecule has 0 fully saturated rings. The zero-order chi connectivity index (χ0) is 16.2. The molecule has 23 heavy (non-hydrogen) atoms. The van der Waals surface area contributed by atoms with E-state index in [-0.39, 0.29) is 5.91 Å². The third-order valence-corrected chi connectivity index (χ3v) is 4.02. The summed E-state index contributed by atoms with van der Waals surface area (Å²) in [5.74, 6) is 0.0290. The van der Waals surface area contributed by atoms with Gasteiger partial charge >= 0.3 is 0 Å². The number of aryl methyl sites for hydroxylation is 3. The van der Waals surface area contributed by atoms with Crippen LogP contribution in [0.1, 0.15) is 24.7 Å². The summed E-state index contributed by atoms with van der Waals surface area (Å²) >= 11 is 0. The predicted molar refractivity (Wildman–Crippen MR) is 88.8 cm³/mol. The number of hydrogen-bond donors (Lipinski definition) is 1. The Balaban J connectivity index is 1.62. The Labute approximate surface area is 135 Å². The van der Waals surface area contributed by atoms with Crippen LogP contribution in [0.5, 0.6) is 0 Å². The van der Waals surface area contributed by atoms with Crippen molar-refractivity contribution in [2.75, 3.05) is 0 Å². The highest BCUT2D eigenvalue weighted by atomic mass is 16.1. The van der Waals surface area contributed by atoms with Gasteiger partial charge in [0.15, 0.2) is 0 Å². The molecule has 0 spiro atoms. The molecule has 0 saturated heterocycles. The van der Waals surface area contributed by atoms with E-state index in [9.17, 15) is 4.79 Å². The van der Waals surface area contributed by atoms with Crippen LogP contribution in [0.2, 0.25) is 0 Å². The van der Waals surface area contributed by atoms with Crippen molar-refractivity contribution >= 4 is 16.8 Å². The number of para-hydroxylation sites is 1. The van der Waals surface area contributed by atoms with Crippen molar-refractivity contribution in [3.05, 3.63) is 47.9 Å². The van der Waals surface area contributed by atoms with Gasteiger partial charge in [-0.15, -0.1) is 0 Å². The van der Waals surface area contributed by atoms with Crippen LogP contribution >= 0.6 is 0 Å². The Morgan fingerprint density at radius 2 is 2.09 bits per heavy atom. The number of aromatic nitrogens is 4. The summed E-state index contributed by atoms with van der Waals surface area (Å²) < 4.78 is 3.76. The van der Waals surface area contributed by atoms with Crippen molar-refractivity contribution in [3.63, 3.8) is 0 Å². The first-order chi connectivity index (χ1) is 11.2. The van der Waals surface area contributed by atoms with Crippen LogP contribution in [0.15, 0.2) is 36.5 Å². The molecule has 2 heterocycles. The van der Waals surface area contributed by atoms with Crippen LogP contribution in [-0.2, 0) is 31.4 Å². The van der Waals surface area contributed by atoms with Gasteiger partial charge in [-0.05, 0) is 25.5 Å². The van der Waals surface area contributed by atoms with Crippen molar-refractivity contribution in [1.82, 2.24) is 24.9 Å². The minimum atomic E-state index is 0.0290. The number of hydrogen-bond acceptors (Lipinski definition) is 3. The lowest BCUT2D eigenvalue weighted by Crippen LogP contribution is -2.23. The highest BCUT2D eigenvalue weighted by Gasteiger charge is 2.10. The fourth-order valence-corrected chi connectivity index (χ4v) is 2.73. The Morgan fingerprint density at radius 3 is 2.83 bits per heavy atom. The summed E-state index contributed by atoms with van der Waals surface area (Å²) in [6, 6.07) is 10.0. The van der Waals surface area contributed by atoms with Crippen molar-refractivity contribution in [2.45, 2.75) is 32.9 Å². The van der Waals surface area contributed by atoms with Gasteiger partial charge in [0.25, 0.3) is 0 Å². The summed E-state index contributed by atoms with van der Waals surface area (Å²) in [6.07, 6.45) is 2.88. The number of nitrogens with zero attached hydrogens (tertiary/aromatic N) is 4. The molecule has 3 aromatic rings. The molecular weight excluding hydrogens is 290 g/mol. The molecule has 1 amide bonds. The van der Waals surface area contributed by atoms with Crippen LogP contribution in [0.4, 0.5) is 0 Å². The van der Waals surface area contributed by atoms with E-state index in [0.29, 0.717) is 19.4 Å². The lowest BCUT2D eigenvalue weighted by atomic mass is 10.2. The summed E-state index contributed by atoms with van der Waals surface area (Å²) in [6.45, 7) is 3.34. The quantitative estimate of drug-likeness (QED) is 0.757. The fourth-order valence-electron chi connectivity index (χ4n) is 2.73. The number of carbonyl (C=O) groups excluding carboxylic acids is 1. The molecule has 0 unspecified atom stereocenters. The van der Waals surface area contributed by atoms with Crippen molar-refractivity contribution in [2.24, 2.45) is 7.05 Å². The molecular formula is C17H21N5O. The SMILES string of the molecule is CCn1nc(CNC(=O)CCc2ccnn2C)c2ccccc21. The van der Waals surface area contributed by atoms with Crippen LogP contribution in [0.3, 0.4) is 0 Å². The second kappa shape index (κ2) is 6.64. The number of amides is 1. The number of benzene rings is 1. The summed E-state index contributed by atoms with van der Waals surface area (Å²) in [4.78, 5) is 12.1. The number of carbonyl (C=O) groups is 1. The molecule has 120 valence electrons. The largest absolute Gasteiger partial charge is 0.350 e. The Morgan fingerprint density at radius 1 is 1.26 bits per heavy atom. The van der Waals surface area contributed by atoms with Crippen molar-refractivity contribution in [1.29, 1.82) is 0 Å². The monoisotopic (exact) mass is 311 g/mol. The second-order valence-corrected chi connectivity index (χ2v) is 5.50. The van der Waals surface area contributed by atoms with E-state index >= 15 is 0 Å². The fraction of sp³-hybridized carbons (Fsp3) is 0.353. The molecule has 0 saturated carbocycles. The molecule has 3 rings (SSSR count). The average Bonchev–Trinajstić information content (AvgIpc) is 3.14. The minimum absolute atomic E-state index is 0.0290. The van der Waals surface area contributed by atoms with Crippen molar-refractivity contribution < 1.29 is 4.79 Å². The standard InChI is InChI=1S/C17H21N5O/c1-3-22-16-7-5-4-6-14(16)15(20-22)12-18-17(23)9-8-13-10-11-19-21(13)2/h4-7,10-11H,3,8-9,12H2,1-2H3,(H,18,23). The first-order valence-corrected chi connectivity index (χ1v) is 7.87. The minimum Gasteiger partial charge on any atom is -0.350 e. The molecule has 6 heteroatoms. The van der Waals surface area contributed by atoms with Gasteiger partial charge in [-0.1, -0.05) is 18.2 Å². The first kappa shape index (κ1) is 15.3. The van der Waals surface area contributed by atoms with Crippen molar-refractivity contribution in [3.8, 4) is 0 Å². The Kier molecular flexibility index (Phi) is 4.41. The molecule has 0 aliphatic rings. The van der Waals surface area contributed by atoms with Crippen LogP contribution in [-0.4, -0.2) is 25.5 Å². The molecule has 0 aliphatic heterocycles. The van der Waals surface area contributed by atoms with Crippen LogP contribution < -0.4 is 5.32 Å². The van der Waals surface area contributed by atoms with Gasteiger partial charge in [0.05, 0.1) is 17.8 Å². The number of fused-ring (bicyclic) bond motifs is 1. The summed E-state index contributed by atoms with van der Waals surface area (Å²) in [5, 5.41) is 12.8. The highest BCUT2D eigenvalue weighted by Crippen LogP contribution is 2.18. The van der Waals surface area contributed by atoms with Gasteiger partial charge in [-0.25, -0.2) is 0 Å². The Hall–Kier alpha value is -2.63. The molecule has 2 aromatic heterocycles. The maximum Gasteiger partial charge on any atom is 0.220 e. The maximum absolute atomic E-state index is 12.1. The molecule has 1 N–H and O–H groups in total. The Bertz CT molecular complexity index is 817. The third kappa shape index (κ3) is 3.26. The first-order valence-electron chi connectivity index (χ1n) is 7.87. The molecule has 0 bridgehead atoms. The highest BCUT2D eigenvalue weighted by molar-refractivity contribution is 5.83. The summed E-state index contributed by atoms with van der Waals surface area (Å²) in [7, 11) is 1.89. The molecule has 0 aliphatic carbocycles. The van der Waals surface area contributed by atoms with E-state index in [4.69, 9.17) is 0 Å². The van der Waals surface area contributed by atoms with E-state index < -0.39 is 0 Å². The van der Waals surface area contributed by atoms with Crippen LogP contribution in [0.25, 0.3) is 10.9 Å². The maximum atomic E-state index is 12.1. The summed E-state index contributed by atoms with van der Waals surface area (Å²) in [5.41, 5.74) is 3.08. The van der Waals surface area contributed by atoms with E-state index in [0.717, 1.165) is 28.8 Å². The van der Waals surface area contributed by atoms with Gasteiger partial charge < -0.3 is 5.32 Å². The van der Waals surface area contributed by atoms with Gasteiger partial charge in [0, 0.05) is 37.3 Å². The van der Waals surface area contributed by atoms with E-state index in [1.54, 1.807) is 10.9 Å². The second-order valence-electron chi connectivity index (χ2n) is 5.50. The molecule has 0 radical (unpaired) electrons. The van der Waals surface area contributed by atoms with E-state index in [2.05, 4.69) is 28.5 Å². The van der Waals surface area contributed by atoms with Gasteiger partial charge in [0.2, 0.25) is 5.91 Å². The van der Waals surface area contributed by atoms with Crippen LogP contribution in [0, 0.1) is 0 Å². The van der Waals surface area contributed by atoms with E-state index in [1.807, 2.05) is 36.0 Å². The number of nitrogens with one attached hydrogen (secondary N) is 1. The molecule has 6 nitrogen and oxygen atoms in total. The zero-order valence-corrected chi connectivity index (χ0v) is 13.5. The smallest absolute Gasteiger partial charge is 0.220 e. The lowest BCUT2D eigenvalue weighted by molar-refractivity contribution is -0.121. The topological polar surface area (TPSA) is 64.7 Å². The van der Waals surface area contributed by atoms with Gasteiger partial charge in [0.1, 0.15) is 0 Å². The lowest BCUT2D eigenvalue weighted by Gasteiger charge is -2.04. The predicted octanol–water partition coefficient (Wildman–Crippen LogP) is 2.04. The third-order valence-electron chi connectivity index (χ3n) is 4.02. The molecule has 0 atom stereocenters.